The second-order valence-electron chi connectivity index (χ2n) is 6.49. The fourth-order valence-electron chi connectivity index (χ4n) is 3.10. The van der Waals surface area contributed by atoms with Crippen molar-refractivity contribution >= 4 is 57.6 Å². The van der Waals surface area contributed by atoms with E-state index in [0.29, 0.717) is 12.0 Å². The largest absolute Gasteiger partial charge is 0.363 e. The zero-order chi connectivity index (χ0) is 17.5. The van der Waals surface area contributed by atoms with Crippen molar-refractivity contribution in [2.45, 2.75) is 38.6 Å². The molecule has 1 aliphatic rings. The molecule has 144 valence electrons. The lowest BCUT2D eigenvalue weighted by molar-refractivity contribution is 0.462. The molecule has 1 unspecified atom stereocenters. The second-order valence-corrected chi connectivity index (χ2v) is 8.40. The lowest BCUT2D eigenvalue weighted by Crippen LogP contribution is -2.48. The van der Waals surface area contributed by atoms with Gasteiger partial charge < -0.3 is 15.5 Å². The van der Waals surface area contributed by atoms with Gasteiger partial charge in [-0.05, 0) is 48.7 Å². The van der Waals surface area contributed by atoms with Crippen LogP contribution in [0.15, 0.2) is 40.0 Å². The molecule has 3 rings (SSSR count). The molecule has 0 bridgehead atoms. The minimum Gasteiger partial charge on any atom is -0.363 e. The smallest absolute Gasteiger partial charge is 0.191 e. The van der Waals surface area contributed by atoms with Crippen LogP contribution in [0.2, 0.25) is 0 Å². The van der Waals surface area contributed by atoms with Gasteiger partial charge in [-0.2, -0.15) is 0 Å². The third-order valence-corrected chi connectivity index (χ3v) is 6.58. The third kappa shape index (κ3) is 6.13. The van der Waals surface area contributed by atoms with Gasteiger partial charge in [0.2, 0.25) is 0 Å². The van der Waals surface area contributed by atoms with Gasteiger partial charge in [-0.15, -0.1) is 46.7 Å². The lowest BCUT2D eigenvalue weighted by Gasteiger charge is -2.33. The minimum absolute atomic E-state index is 0. The van der Waals surface area contributed by atoms with Crippen LogP contribution in [-0.4, -0.2) is 38.2 Å². The van der Waals surface area contributed by atoms with E-state index in [2.05, 4.69) is 64.4 Å². The van der Waals surface area contributed by atoms with E-state index in [9.17, 15) is 0 Å². The van der Waals surface area contributed by atoms with Crippen LogP contribution in [0, 0.1) is 0 Å². The van der Waals surface area contributed by atoms with Gasteiger partial charge in [0.05, 0.1) is 11.5 Å². The van der Waals surface area contributed by atoms with Crippen molar-refractivity contribution in [3.05, 3.63) is 39.9 Å². The van der Waals surface area contributed by atoms with Crippen molar-refractivity contribution in [2.75, 3.05) is 31.1 Å². The molecule has 1 saturated heterocycles. The Bertz CT molecular complexity index is 635. The summed E-state index contributed by atoms with van der Waals surface area (Å²) >= 11 is 3.65. The van der Waals surface area contributed by atoms with Gasteiger partial charge >= 0.3 is 0 Å². The predicted octanol–water partition coefficient (Wildman–Crippen LogP) is 4.76. The number of thiophene rings is 2. The maximum absolute atomic E-state index is 4.82. The summed E-state index contributed by atoms with van der Waals surface area (Å²) in [4.78, 5) is 8.72. The van der Waals surface area contributed by atoms with Crippen molar-refractivity contribution in [3.63, 3.8) is 0 Å². The first-order chi connectivity index (χ1) is 12.3. The van der Waals surface area contributed by atoms with Gasteiger partial charge in [0.25, 0.3) is 0 Å². The molecule has 2 N–H and O–H groups in total. The van der Waals surface area contributed by atoms with E-state index in [4.69, 9.17) is 4.99 Å². The highest BCUT2D eigenvalue weighted by Gasteiger charge is 2.20. The molecule has 0 saturated carbocycles. The average molecular weight is 505 g/mol. The molecule has 4 nitrogen and oxygen atoms in total. The number of hydrogen-bond acceptors (Lipinski definition) is 4. The molecule has 26 heavy (non-hydrogen) atoms. The summed E-state index contributed by atoms with van der Waals surface area (Å²) in [5, 5.41) is 12.7. The van der Waals surface area contributed by atoms with E-state index < -0.39 is 0 Å². The summed E-state index contributed by atoms with van der Waals surface area (Å²) in [6.07, 6.45) is 2.31. The summed E-state index contributed by atoms with van der Waals surface area (Å²) in [6, 6.07) is 9.17. The van der Waals surface area contributed by atoms with Crippen LogP contribution >= 0.6 is 46.7 Å². The quantitative estimate of drug-likeness (QED) is 0.339. The molecule has 0 aliphatic carbocycles. The van der Waals surface area contributed by atoms with Crippen molar-refractivity contribution in [1.29, 1.82) is 0 Å². The number of nitrogens with zero attached hydrogens (tertiary/aromatic N) is 2. The van der Waals surface area contributed by atoms with Gasteiger partial charge in [-0.1, -0.05) is 13.0 Å². The maximum atomic E-state index is 4.82. The monoisotopic (exact) mass is 504 g/mol. The van der Waals surface area contributed by atoms with E-state index >= 15 is 0 Å². The van der Waals surface area contributed by atoms with Gasteiger partial charge in [0.15, 0.2) is 5.96 Å². The Morgan fingerprint density at radius 3 is 2.58 bits per heavy atom. The maximum Gasteiger partial charge on any atom is 0.191 e. The molecule has 1 fully saturated rings. The molecule has 3 heterocycles. The number of nitrogens with one attached hydrogen (secondary N) is 2. The van der Waals surface area contributed by atoms with E-state index in [1.165, 1.54) is 9.88 Å². The molecule has 0 spiro atoms. The Morgan fingerprint density at radius 1 is 1.23 bits per heavy atom. The Labute approximate surface area is 182 Å². The first-order valence-electron chi connectivity index (χ1n) is 9.13. The number of guanidine groups is 1. The Kier molecular flexibility index (Phi) is 9.21. The van der Waals surface area contributed by atoms with Crippen molar-refractivity contribution in [3.8, 4) is 0 Å². The van der Waals surface area contributed by atoms with Gasteiger partial charge in [-0.3, -0.25) is 4.99 Å². The second kappa shape index (κ2) is 11.1. The summed E-state index contributed by atoms with van der Waals surface area (Å²) in [5.41, 5.74) is 0. The van der Waals surface area contributed by atoms with Gasteiger partial charge in [0, 0.05) is 36.5 Å². The molecule has 1 atom stereocenters. The summed E-state index contributed by atoms with van der Waals surface area (Å²) in [7, 11) is 0. The highest BCUT2D eigenvalue weighted by molar-refractivity contribution is 14.0. The number of anilines is 1. The topological polar surface area (TPSA) is 39.7 Å². The van der Waals surface area contributed by atoms with Crippen LogP contribution in [0.25, 0.3) is 0 Å². The number of piperidine rings is 1. The van der Waals surface area contributed by atoms with Crippen LogP contribution in [0.4, 0.5) is 5.00 Å². The first-order valence-corrected chi connectivity index (χ1v) is 10.9. The molecule has 0 amide bonds. The van der Waals surface area contributed by atoms with Gasteiger partial charge in [-0.25, -0.2) is 0 Å². The Hall–Kier alpha value is -0.800. The van der Waals surface area contributed by atoms with Crippen LogP contribution < -0.4 is 15.5 Å². The van der Waals surface area contributed by atoms with Crippen LogP contribution in [0.3, 0.4) is 0 Å². The minimum atomic E-state index is 0. The lowest BCUT2D eigenvalue weighted by atomic mass is 10.1. The first kappa shape index (κ1) is 21.5. The fourth-order valence-corrected chi connectivity index (χ4v) is 4.66. The molecule has 2 aromatic rings. The Balaban J connectivity index is 0.00000243. The Morgan fingerprint density at radius 2 is 1.96 bits per heavy atom. The summed E-state index contributed by atoms with van der Waals surface area (Å²) in [5.74, 6) is 1.43. The third-order valence-electron chi connectivity index (χ3n) is 4.55. The summed E-state index contributed by atoms with van der Waals surface area (Å²) < 4.78 is 0. The number of rotatable bonds is 6. The zero-order valence-corrected chi connectivity index (χ0v) is 19.4. The van der Waals surface area contributed by atoms with E-state index in [1.807, 2.05) is 22.7 Å². The molecular weight excluding hydrogens is 475 g/mol. The normalized spacial score (nSPS) is 16.8. The highest BCUT2D eigenvalue weighted by Crippen LogP contribution is 2.25. The fraction of sp³-hybridized carbons (Fsp3) is 0.526. The molecule has 7 heteroatoms. The number of halogens is 1. The van der Waals surface area contributed by atoms with Crippen LogP contribution in [0.5, 0.6) is 0 Å². The average Bonchev–Trinajstić information content (AvgIpc) is 3.33. The van der Waals surface area contributed by atoms with Crippen LogP contribution in [-0.2, 0) is 0 Å². The van der Waals surface area contributed by atoms with E-state index in [-0.39, 0.29) is 24.0 Å². The molecule has 2 aromatic heterocycles. The number of hydrogen-bond donors (Lipinski definition) is 2. The van der Waals surface area contributed by atoms with Crippen molar-refractivity contribution in [1.82, 2.24) is 10.6 Å². The highest BCUT2D eigenvalue weighted by atomic mass is 127. The zero-order valence-electron chi connectivity index (χ0n) is 15.5. The van der Waals surface area contributed by atoms with Crippen molar-refractivity contribution in [2.24, 2.45) is 4.99 Å². The molecule has 0 radical (unpaired) electrons. The predicted molar refractivity (Wildman–Crippen MR) is 127 cm³/mol. The standard InChI is InChI=1S/C19H28N4S2.HI/c1-3-20-19(21-14-15(2)17-6-4-12-24-17)22-16-8-10-23(11-9-16)18-7-5-13-25-18;/h4-7,12-13,15-16H,3,8-11,14H2,1-2H3,(H2,20,21,22);1H. The van der Waals surface area contributed by atoms with E-state index in [0.717, 1.165) is 45.0 Å². The van der Waals surface area contributed by atoms with Crippen molar-refractivity contribution < 1.29 is 0 Å². The number of aliphatic imine (C=N–C) groups is 1. The molecular formula is C19H29IN4S2. The van der Waals surface area contributed by atoms with E-state index in [1.54, 1.807) is 0 Å². The molecule has 1 aliphatic heterocycles. The van der Waals surface area contributed by atoms with Crippen LogP contribution in [0.1, 0.15) is 37.5 Å². The van der Waals surface area contributed by atoms with Gasteiger partial charge in [0.1, 0.15) is 0 Å². The summed E-state index contributed by atoms with van der Waals surface area (Å²) in [6.45, 7) is 8.32. The SMILES string of the molecule is CCNC(=NCC(C)c1cccs1)NC1CCN(c2cccs2)CC1.I. The molecule has 0 aromatic carbocycles.